The van der Waals surface area contributed by atoms with E-state index in [1.54, 1.807) is 28.9 Å². The molecule has 0 bridgehead atoms. The van der Waals surface area contributed by atoms with Crippen LogP contribution in [0.3, 0.4) is 0 Å². The number of carbonyl (C=O) groups excluding carboxylic acids is 1. The molecule has 238 valence electrons. The van der Waals surface area contributed by atoms with Crippen LogP contribution in [0.5, 0.6) is 5.75 Å². The summed E-state index contributed by atoms with van der Waals surface area (Å²) < 4.78 is 52.8. The minimum atomic E-state index is -4.49. The van der Waals surface area contributed by atoms with Gasteiger partial charge in [-0.1, -0.05) is 12.1 Å². The number of rotatable bonds is 9. The molecule has 1 aliphatic rings. The van der Waals surface area contributed by atoms with Crippen molar-refractivity contribution in [2.24, 2.45) is 0 Å². The van der Waals surface area contributed by atoms with Gasteiger partial charge in [-0.2, -0.15) is 18.3 Å². The van der Waals surface area contributed by atoms with Crippen molar-refractivity contribution in [2.45, 2.75) is 19.5 Å². The molecule has 0 aliphatic carbocycles. The Labute approximate surface area is 263 Å². The molecule has 3 aromatic carbocycles. The van der Waals surface area contributed by atoms with Crippen molar-refractivity contribution in [1.29, 1.82) is 0 Å². The third kappa shape index (κ3) is 6.95. The molecule has 13 heteroatoms. The number of fused-ring (bicyclic) bond motifs is 1. The van der Waals surface area contributed by atoms with Gasteiger partial charge in [-0.3, -0.25) is 9.69 Å². The third-order valence-corrected chi connectivity index (χ3v) is 7.77. The molecule has 0 atom stereocenters. The van der Waals surface area contributed by atoms with Crippen LogP contribution < -0.4 is 15.8 Å². The minimum absolute atomic E-state index is 0.106. The molecule has 1 amide bonds. The lowest BCUT2D eigenvalue weighted by Crippen LogP contribution is -2.38. The SMILES string of the molecule is Cc1ccc(CC(=O)Nc2ccc(-n3nc(-c4ccc(OCCN5CCOCC5)cc4)c4c(N)ncnc43)cc2)cc1C(F)(F)F. The molecule has 2 aromatic heterocycles. The number of nitrogens with zero attached hydrogens (tertiary/aromatic N) is 5. The number of nitrogen functional groups attached to an aromatic ring is 1. The number of ether oxygens (including phenoxy) is 2. The molecule has 0 unspecified atom stereocenters. The molecule has 10 nitrogen and oxygen atoms in total. The van der Waals surface area contributed by atoms with E-state index in [2.05, 4.69) is 20.2 Å². The average molecular weight is 632 g/mol. The van der Waals surface area contributed by atoms with Crippen LogP contribution >= 0.6 is 0 Å². The quantitative estimate of drug-likeness (QED) is 0.225. The second kappa shape index (κ2) is 13.2. The summed E-state index contributed by atoms with van der Waals surface area (Å²) in [7, 11) is 0. The monoisotopic (exact) mass is 631 g/mol. The van der Waals surface area contributed by atoms with Gasteiger partial charge in [0.15, 0.2) is 5.65 Å². The molecule has 3 heterocycles. The molecule has 1 fully saturated rings. The van der Waals surface area contributed by atoms with E-state index in [1.165, 1.54) is 25.4 Å². The van der Waals surface area contributed by atoms with Crippen molar-refractivity contribution in [3.8, 4) is 22.7 Å². The summed E-state index contributed by atoms with van der Waals surface area (Å²) in [4.78, 5) is 23.6. The molecular formula is C33H32F3N7O3. The van der Waals surface area contributed by atoms with Crippen molar-refractivity contribution < 1.29 is 27.4 Å². The van der Waals surface area contributed by atoms with E-state index < -0.39 is 17.6 Å². The maximum Gasteiger partial charge on any atom is 0.416 e. The van der Waals surface area contributed by atoms with Crippen LogP contribution in [0.1, 0.15) is 16.7 Å². The van der Waals surface area contributed by atoms with Crippen molar-refractivity contribution in [2.75, 3.05) is 50.5 Å². The van der Waals surface area contributed by atoms with Crippen molar-refractivity contribution in [1.82, 2.24) is 24.6 Å². The van der Waals surface area contributed by atoms with Crippen molar-refractivity contribution in [3.63, 3.8) is 0 Å². The largest absolute Gasteiger partial charge is 0.492 e. The highest BCUT2D eigenvalue weighted by molar-refractivity contribution is 5.99. The number of alkyl halides is 3. The van der Waals surface area contributed by atoms with E-state index in [0.717, 1.165) is 50.2 Å². The maximum atomic E-state index is 13.3. The van der Waals surface area contributed by atoms with Gasteiger partial charge in [-0.05, 0) is 72.6 Å². The summed E-state index contributed by atoms with van der Waals surface area (Å²) in [5.41, 5.74) is 8.95. The molecule has 0 spiro atoms. The number of hydrogen-bond acceptors (Lipinski definition) is 8. The summed E-state index contributed by atoms with van der Waals surface area (Å²) in [5, 5.41) is 8.16. The van der Waals surface area contributed by atoms with Gasteiger partial charge in [0.25, 0.3) is 0 Å². The Morgan fingerprint density at radius 3 is 2.48 bits per heavy atom. The van der Waals surface area contributed by atoms with E-state index >= 15 is 0 Å². The first-order valence-electron chi connectivity index (χ1n) is 14.8. The highest BCUT2D eigenvalue weighted by Crippen LogP contribution is 2.34. The second-order valence-corrected chi connectivity index (χ2v) is 11.0. The molecule has 46 heavy (non-hydrogen) atoms. The average Bonchev–Trinajstić information content (AvgIpc) is 3.44. The zero-order valence-corrected chi connectivity index (χ0v) is 25.1. The van der Waals surface area contributed by atoms with Gasteiger partial charge in [0.05, 0.1) is 36.3 Å². The second-order valence-electron chi connectivity index (χ2n) is 11.0. The molecule has 5 aromatic rings. The number of aryl methyl sites for hydroxylation is 1. The number of halogens is 3. The number of amides is 1. The molecule has 1 aliphatic heterocycles. The van der Waals surface area contributed by atoms with E-state index in [4.69, 9.17) is 20.3 Å². The summed E-state index contributed by atoms with van der Waals surface area (Å²) in [6, 6.07) is 18.4. The first kappa shape index (κ1) is 31.0. The standard InChI is InChI=1S/C33H32F3N7O3/c1-21-2-3-22(18-27(21)33(34,35)36)19-28(44)40-24-6-8-25(9-7-24)43-32-29(31(37)38-20-39-32)30(41-43)23-4-10-26(11-5-23)46-17-14-42-12-15-45-16-13-42/h2-11,18,20H,12-17,19H2,1H3,(H,40,44)(H2,37,38,39). The summed E-state index contributed by atoms with van der Waals surface area (Å²) in [6.45, 7) is 6.08. The predicted molar refractivity (Wildman–Crippen MR) is 168 cm³/mol. The molecule has 1 saturated heterocycles. The van der Waals surface area contributed by atoms with E-state index in [-0.39, 0.29) is 23.4 Å². The Bertz CT molecular complexity index is 1840. The van der Waals surface area contributed by atoms with Gasteiger partial charge in [0.2, 0.25) is 5.91 Å². The van der Waals surface area contributed by atoms with Crippen LogP contribution in [0.25, 0.3) is 28.0 Å². The highest BCUT2D eigenvalue weighted by Gasteiger charge is 2.32. The van der Waals surface area contributed by atoms with Crippen LogP contribution in [0.2, 0.25) is 0 Å². The van der Waals surface area contributed by atoms with Gasteiger partial charge in [-0.15, -0.1) is 0 Å². The van der Waals surface area contributed by atoms with Crippen LogP contribution in [-0.2, 0) is 22.1 Å². The van der Waals surface area contributed by atoms with Gasteiger partial charge in [-0.25, -0.2) is 14.6 Å². The lowest BCUT2D eigenvalue weighted by atomic mass is 10.0. The van der Waals surface area contributed by atoms with Crippen LogP contribution in [0.15, 0.2) is 73.1 Å². The number of nitrogens with two attached hydrogens (primary N) is 1. The van der Waals surface area contributed by atoms with Gasteiger partial charge in [0, 0.05) is 30.9 Å². The zero-order chi connectivity index (χ0) is 32.3. The van der Waals surface area contributed by atoms with Crippen LogP contribution in [0, 0.1) is 6.92 Å². The first-order valence-corrected chi connectivity index (χ1v) is 14.8. The number of nitrogens with one attached hydrogen (secondary N) is 1. The van der Waals surface area contributed by atoms with Crippen LogP contribution in [0.4, 0.5) is 24.7 Å². The first-order chi connectivity index (χ1) is 22.2. The molecule has 6 rings (SSSR count). The zero-order valence-electron chi connectivity index (χ0n) is 25.1. The predicted octanol–water partition coefficient (Wildman–Crippen LogP) is 5.28. The van der Waals surface area contributed by atoms with Crippen molar-refractivity contribution in [3.05, 3.63) is 89.7 Å². The number of carbonyl (C=O) groups is 1. The number of aromatic nitrogens is 4. The van der Waals surface area contributed by atoms with Gasteiger partial charge < -0.3 is 20.5 Å². The van der Waals surface area contributed by atoms with E-state index in [9.17, 15) is 18.0 Å². The number of morpholine rings is 1. The number of hydrogen-bond donors (Lipinski definition) is 2. The van der Waals surface area contributed by atoms with Gasteiger partial charge >= 0.3 is 6.18 Å². The lowest BCUT2D eigenvalue weighted by molar-refractivity contribution is -0.138. The van der Waals surface area contributed by atoms with Crippen LogP contribution in [-0.4, -0.2) is 70.0 Å². The molecule has 3 N–H and O–H groups in total. The van der Waals surface area contributed by atoms with E-state index in [0.29, 0.717) is 34.7 Å². The highest BCUT2D eigenvalue weighted by atomic mass is 19.4. The van der Waals surface area contributed by atoms with Crippen molar-refractivity contribution >= 4 is 28.4 Å². The molecular weight excluding hydrogens is 599 g/mol. The van der Waals surface area contributed by atoms with Gasteiger partial charge in [0.1, 0.15) is 30.2 Å². The fourth-order valence-electron chi connectivity index (χ4n) is 5.34. The summed E-state index contributed by atoms with van der Waals surface area (Å²) in [6.07, 6.45) is -3.32. The summed E-state index contributed by atoms with van der Waals surface area (Å²) in [5.74, 6) is 0.585. The third-order valence-electron chi connectivity index (χ3n) is 7.77. The number of anilines is 2. The Hall–Kier alpha value is -5.01. The Kier molecular flexibility index (Phi) is 8.86. The topological polar surface area (TPSA) is 120 Å². The summed E-state index contributed by atoms with van der Waals surface area (Å²) >= 11 is 0. The Morgan fingerprint density at radius 2 is 1.76 bits per heavy atom. The Morgan fingerprint density at radius 1 is 1.02 bits per heavy atom. The normalized spacial score (nSPS) is 14.0. The Balaban J connectivity index is 1.16. The smallest absolute Gasteiger partial charge is 0.416 e. The number of benzene rings is 3. The molecule has 0 saturated carbocycles. The fraction of sp³-hybridized carbons (Fsp3) is 0.273. The fourth-order valence-corrected chi connectivity index (χ4v) is 5.34. The van der Waals surface area contributed by atoms with E-state index in [1.807, 2.05) is 24.3 Å². The minimum Gasteiger partial charge on any atom is -0.492 e. The maximum absolute atomic E-state index is 13.3. The molecule has 0 radical (unpaired) electrons. The lowest BCUT2D eigenvalue weighted by Gasteiger charge is -2.26.